The van der Waals surface area contributed by atoms with Crippen molar-refractivity contribution in [3.63, 3.8) is 0 Å². The van der Waals surface area contributed by atoms with Crippen molar-refractivity contribution < 1.29 is 4.52 Å². The highest BCUT2D eigenvalue weighted by Crippen LogP contribution is 2.34. The molecule has 0 saturated carbocycles. The number of fused-ring (bicyclic) bond motifs is 1. The largest absolute Gasteiger partial charge is 0.360 e. The zero-order chi connectivity index (χ0) is 20.0. The summed E-state index contributed by atoms with van der Waals surface area (Å²) in [5.41, 5.74) is 5.73. The number of H-pyrrole nitrogens is 1. The molecule has 0 radical (unpaired) electrons. The molecule has 0 atom stereocenters. The van der Waals surface area contributed by atoms with Crippen LogP contribution in [-0.4, -0.2) is 24.7 Å². The van der Waals surface area contributed by atoms with Gasteiger partial charge in [0, 0.05) is 35.3 Å². The van der Waals surface area contributed by atoms with Crippen LogP contribution in [0.4, 0.5) is 0 Å². The molecule has 7 nitrogen and oxygen atoms in total. The normalized spacial score (nSPS) is 11.2. The van der Waals surface area contributed by atoms with Crippen LogP contribution < -0.4 is 5.56 Å². The van der Waals surface area contributed by atoms with Gasteiger partial charge in [-0.15, -0.1) is 0 Å². The molecule has 1 aromatic carbocycles. The summed E-state index contributed by atoms with van der Waals surface area (Å²) in [6, 6.07) is 15.1. The zero-order valence-electron chi connectivity index (χ0n) is 15.9. The topological polar surface area (TPSA) is 89.1 Å². The van der Waals surface area contributed by atoms with Crippen molar-refractivity contribution in [2.45, 2.75) is 13.8 Å². The van der Waals surface area contributed by atoms with Crippen LogP contribution in [0.25, 0.3) is 39.3 Å². The first kappa shape index (κ1) is 17.1. The molecule has 0 unspecified atom stereocenters. The molecule has 0 amide bonds. The summed E-state index contributed by atoms with van der Waals surface area (Å²) in [7, 11) is 0. The first-order valence-corrected chi connectivity index (χ1v) is 9.18. The lowest BCUT2D eigenvalue weighted by Gasteiger charge is -2.04. The van der Waals surface area contributed by atoms with E-state index in [1.807, 2.05) is 56.3 Å². The van der Waals surface area contributed by atoms with Crippen LogP contribution in [0, 0.1) is 13.8 Å². The molecule has 5 rings (SSSR count). The van der Waals surface area contributed by atoms with Gasteiger partial charge in [0.25, 0.3) is 5.56 Å². The number of aromatic amines is 1. The van der Waals surface area contributed by atoms with Gasteiger partial charge in [-0.2, -0.15) is 0 Å². The van der Waals surface area contributed by atoms with Crippen LogP contribution in [0.1, 0.15) is 11.5 Å². The number of rotatable bonds is 3. The van der Waals surface area contributed by atoms with E-state index in [0.29, 0.717) is 28.4 Å². The molecule has 0 aliphatic heterocycles. The van der Waals surface area contributed by atoms with E-state index < -0.39 is 0 Å². The van der Waals surface area contributed by atoms with Crippen LogP contribution in [-0.2, 0) is 0 Å². The highest BCUT2D eigenvalue weighted by Gasteiger charge is 2.21. The predicted molar refractivity (Wildman–Crippen MR) is 109 cm³/mol. The maximum absolute atomic E-state index is 12.9. The molecule has 29 heavy (non-hydrogen) atoms. The molecule has 4 aromatic heterocycles. The highest BCUT2D eigenvalue weighted by molar-refractivity contribution is 5.84. The van der Waals surface area contributed by atoms with Gasteiger partial charge in [0.2, 0.25) is 0 Å². The Balaban J connectivity index is 1.79. The summed E-state index contributed by atoms with van der Waals surface area (Å²) in [6.07, 6.45) is 3.41. The van der Waals surface area contributed by atoms with Crippen molar-refractivity contribution in [3.8, 4) is 33.6 Å². The van der Waals surface area contributed by atoms with Crippen LogP contribution in [0.15, 0.2) is 70.2 Å². The second kappa shape index (κ2) is 6.56. The van der Waals surface area contributed by atoms with E-state index in [1.165, 1.54) is 10.6 Å². The number of benzene rings is 1. The molecule has 142 valence electrons. The molecule has 5 aromatic rings. The fraction of sp³-hybridized carbons (Fsp3) is 0.0909. The van der Waals surface area contributed by atoms with Gasteiger partial charge in [-0.25, -0.2) is 9.50 Å². The average Bonchev–Trinajstić information content (AvgIpc) is 3.29. The van der Waals surface area contributed by atoms with E-state index in [4.69, 9.17) is 9.51 Å². The number of hydrogen-bond acceptors (Lipinski definition) is 5. The van der Waals surface area contributed by atoms with Crippen molar-refractivity contribution in [1.29, 1.82) is 0 Å². The molecule has 0 aliphatic rings. The molecule has 7 heteroatoms. The molecule has 0 aliphatic carbocycles. The van der Waals surface area contributed by atoms with Crippen LogP contribution in [0.2, 0.25) is 0 Å². The van der Waals surface area contributed by atoms with Crippen LogP contribution in [0.3, 0.4) is 0 Å². The van der Waals surface area contributed by atoms with Gasteiger partial charge in [-0.3, -0.25) is 14.9 Å². The number of nitrogens with one attached hydrogen (secondary N) is 1. The quantitative estimate of drug-likeness (QED) is 0.508. The summed E-state index contributed by atoms with van der Waals surface area (Å²) in [6.45, 7) is 3.74. The Bertz CT molecular complexity index is 1380. The summed E-state index contributed by atoms with van der Waals surface area (Å²) in [5.74, 6) is 0.591. The average molecular weight is 383 g/mol. The highest BCUT2D eigenvalue weighted by atomic mass is 16.5. The number of aromatic nitrogens is 5. The molecule has 1 N–H and O–H groups in total. The molecular weight excluding hydrogens is 366 g/mol. The Morgan fingerprint density at radius 2 is 1.79 bits per heavy atom. The van der Waals surface area contributed by atoms with Crippen molar-refractivity contribution in [1.82, 2.24) is 24.7 Å². The van der Waals surface area contributed by atoms with Crippen molar-refractivity contribution >= 4 is 5.65 Å². The lowest BCUT2D eigenvalue weighted by atomic mass is 10.0. The number of aryl methyl sites for hydroxylation is 2. The van der Waals surface area contributed by atoms with Gasteiger partial charge < -0.3 is 4.52 Å². The Morgan fingerprint density at radius 1 is 1.00 bits per heavy atom. The Kier molecular flexibility index (Phi) is 3.87. The molecule has 0 fully saturated rings. The van der Waals surface area contributed by atoms with Crippen molar-refractivity contribution in [2.75, 3.05) is 0 Å². The zero-order valence-corrected chi connectivity index (χ0v) is 15.9. The third-order valence-corrected chi connectivity index (χ3v) is 4.91. The fourth-order valence-electron chi connectivity index (χ4n) is 3.60. The Morgan fingerprint density at radius 3 is 2.55 bits per heavy atom. The number of nitrogens with zero attached hydrogens (tertiary/aromatic N) is 4. The summed E-state index contributed by atoms with van der Waals surface area (Å²) >= 11 is 0. The summed E-state index contributed by atoms with van der Waals surface area (Å²) in [4.78, 5) is 21.9. The molecular formula is C22H17N5O2. The lowest BCUT2D eigenvalue weighted by molar-refractivity contribution is 0.400. The van der Waals surface area contributed by atoms with E-state index in [1.54, 1.807) is 12.4 Å². The minimum absolute atomic E-state index is 0.201. The van der Waals surface area contributed by atoms with Crippen molar-refractivity contribution in [2.24, 2.45) is 0 Å². The van der Waals surface area contributed by atoms with E-state index >= 15 is 0 Å². The van der Waals surface area contributed by atoms with Crippen molar-refractivity contribution in [3.05, 3.63) is 82.7 Å². The van der Waals surface area contributed by atoms with Gasteiger partial charge in [-0.1, -0.05) is 35.5 Å². The van der Waals surface area contributed by atoms with E-state index in [2.05, 4.69) is 15.2 Å². The van der Waals surface area contributed by atoms with Crippen LogP contribution >= 0.6 is 0 Å². The molecule has 0 saturated heterocycles. The smallest absolute Gasteiger partial charge is 0.273 e. The third kappa shape index (κ3) is 2.75. The maximum atomic E-state index is 12.9. The van der Waals surface area contributed by atoms with Gasteiger partial charge in [-0.05, 0) is 31.5 Å². The predicted octanol–water partition coefficient (Wildman–Crippen LogP) is 4.02. The minimum atomic E-state index is -0.201. The molecule has 4 heterocycles. The molecule has 0 spiro atoms. The van der Waals surface area contributed by atoms with Crippen LogP contribution in [0.5, 0.6) is 0 Å². The standard InChI is InChI=1S/C22H17N5O2/c1-13-19(15-7-4-3-5-8-15)22-24-17(11-18(28)27(22)25-13)20-14(2)29-26-21(20)16-9-6-10-23-12-16/h3-12,25H,1-2H3. The van der Waals surface area contributed by atoms with Gasteiger partial charge >= 0.3 is 0 Å². The summed E-state index contributed by atoms with van der Waals surface area (Å²) in [5, 5.41) is 7.31. The third-order valence-electron chi connectivity index (χ3n) is 4.91. The second-order valence-electron chi connectivity index (χ2n) is 6.82. The Labute approximate surface area is 165 Å². The molecule has 0 bridgehead atoms. The lowest BCUT2D eigenvalue weighted by Crippen LogP contribution is -2.14. The van der Waals surface area contributed by atoms with E-state index in [0.717, 1.165) is 22.4 Å². The van der Waals surface area contributed by atoms with Gasteiger partial charge in [0.1, 0.15) is 11.5 Å². The monoisotopic (exact) mass is 383 g/mol. The number of pyridine rings is 1. The SMILES string of the molecule is Cc1[nH]n2c(=O)cc(-c3c(-c4cccnc4)noc3C)nc2c1-c1ccccc1. The van der Waals surface area contributed by atoms with E-state index in [-0.39, 0.29) is 5.56 Å². The minimum Gasteiger partial charge on any atom is -0.360 e. The van der Waals surface area contributed by atoms with Gasteiger partial charge in [0.15, 0.2) is 5.65 Å². The van der Waals surface area contributed by atoms with Gasteiger partial charge in [0.05, 0.1) is 11.3 Å². The second-order valence-corrected chi connectivity index (χ2v) is 6.82. The number of hydrogen-bond donors (Lipinski definition) is 1. The Hall–Kier alpha value is -4.00. The first-order valence-electron chi connectivity index (χ1n) is 9.18. The van der Waals surface area contributed by atoms with E-state index in [9.17, 15) is 4.79 Å². The first-order chi connectivity index (χ1) is 14.1. The summed E-state index contributed by atoms with van der Waals surface area (Å²) < 4.78 is 6.91. The maximum Gasteiger partial charge on any atom is 0.273 e. The fourth-order valence-corrected chi connectivity index (χ4v) is 3.60.